The van der Waals surface area contributed by atoms with E-state index in [1.807, 2.05) is 6.92 Å². The first-order chi connectivity index (χ1) is 4.43. The molecule has 48 valence electrons. The maximum absolute atomic E-state index is 4.98. The van der Waals surface area contributed by atoms with Gasteiger partial charge < -0.3 is 4.74 Å². The summed E-state index contributed by atoms with van der Waals surface area (Å²) in [5.41, 5.74) is 0. The first-order valence-electron chi connectivity index (χ1n) is 2.83. The molecule has 1 rings (SSSR count). The molecule has 0 aliphatic heterocycles. The lowest BCUT2D eigenvalue weighted by Gasteiger charge is -1.95. The molecule has 0 aromatic carbocycles. The van der Waals surface area contributed by atoms with Gasteiger partial charge in [-0.1, -0.05) is 0 Å². The number of hydrogen-bond acceptors (Lipinski definition) is 3. The van der Waals surface area contributed by atoms with Crippen LogP contribution < -0.4 is 4.74 Å². The Bertz CT molecular complexity index is 164. The van der Waals surface area contributed by atoms with Crippen LogP contribution in [-0.4, -0.2) is 16.6 Å². The zero-order valence-corrected chi connectivity index (χ0v) is 5.24. The number of ether oxygens (including phenoxy) is 1. The molecule has 3 nitrogen and oxygen atoms in total. The van der Waals surface area contributed by atoms with Crippen molar-refractivity contribution in [3.05, 3.63) is 18.5 Å². The van der Waals surface area contributed by atoms with Gasteiger partial charge in [0.1, 0.15) is 0 Å². The summed E-state index contributed by atoms with van der Waals surface area (Å²) in [5, 5.41) is 0. The summed E-state index contributed by atoms with van der Waals surface area (Å²) in [7, 11) is 0. The van der Waals surface area contributed by atoms with E-state index in [1.165, 1.54) is 0 Å². The minimum Gasteiger partial charge on any atom is -0.464 e. The van der Waals surface area contributed by atoms with Gasteiger partial charge in [0.15, 0.2) is 0 Å². The fourth-order valence-corrected chi connectivity index (χ4v) is 0.489. The van der Waals surface area contributed by atoms with Crippen molar-refractivity contribution < 1.29 is 4.74 Å². The molecule has 0 aliphatic rings. The molecule has 1 aromatic heterocycles. The first kappa shape index (κ1) is 6.01. The largest absolute Gasteiger partial charge is 0.464 e. The third-order valence-electron chi connectivity index (χ3n) is 0.816. The highest BCUT2D eigenvalue weighted by Gasteiger charge is 1.87. The Morgan fingerprint density at radius 1 is 1.44 bits per heavy atom. The molecule has 1 heterocycles. The predicted molar refractivity (Wildman–Crippen MR) is 33.2 cm³/mol. The van der Waals surface area contributed by atoms with E-state index in [-0.39, 0.29) is 0 Å². The van der Waals surface area contributed by atoms with Gasteiger partial charge in [0.05, 0.1) is 6.61 Å². The Hall–Kier alpha value is -1.12. The van der Waals surface area contributed by atoms with E-state index in [1.54, 1.807) is 18.5 Å². The summed E-state index contributed by atoms with van der Waals surface area (Å²) in [4.78, 5) is 7.67. The summed E-state index contributed by atoms with van der Waals surface area (Å²) in [5.74, 6) is 0. The average Bonchev–Trinajstić information content (AvgIpc) is 1.91. The van der Waals surface area contributed by atoms with Gasteiger partial charge in [-0.05, 0) is 13.0 Å². The predicted octanol–water partition coefficient (Wildman–Crippen LogP) is 0.875. The second-order valence-corrected chi connectivity index (χ2v) is 1.46. The highest BCUT2D eigenvalue weighted by Crippen LogP contribution is 1.95. The van der Waals surface area contributed by atoms with Crippen molar-refractivity contribution in [2.45, 2.75) is 6.92 Å². The van der Waals surface area contributed by atoms with Gasteiger partial charge in [-0.2, -0.15) is 0 Å². The molecule has 0 fully saturated rings. The first-order valence-corrected chi connectivity index (χ1v) is 2.83. The van der Waals surface area contributed by atoms with Gasteiger partial charge in [-0.25, -0.2) is 9.97 Å². The zero-order valence-electron chi connectivity index (χ0n) is 5.24. The molecule has 0 amide bonds. The molecule has 0 saturated carbocycles. The molecule has 3 heteroatoms. The number of nitrogens with zero attached hydrogens (tertiary/aromatic N) is 2. The van der Waals surface area contributed by atoms with Crippen molar-refractivity contribution in [3.8, 4) is 6.01 Å². The molecule has 9 heavy (non-hydrogen) atoms. The lowest BCUT2D eigenvalue weighted by Crippen LogP contribution is -1.95. The summed E-state index contributed by atoms with van der Waals surface area (Å²) in [6.07, 6.45) is 3.30. The van der Waals surface area contributed by atoms with E-state index in [2.05, 4.69) is 9.97 Å². The SMILES string of the molecule is CCOc1ncccn1. The van der Waals surface area contributed by atoms with Crippen molar-refractivity contribution in [2.24, 2.45) is 0 Å². The Balaban J connectivity index is 2.61. The van der Waals surface area contributed by atoms with Gasteiger partial charge in [-0.3, -0.25) is 0 Å². The van der Waals surface area contributed by atoms with E-state index in [0.717, 1.165) is 0 Å². The number of rotatable bonds is 2. The third-order valence-corrected chi connectivity index (χ3v) is 0.816. The highest BCUT2D eigenvalue weighted by molar-refractivity contribution is 4.92. The molecule has 0 atom stereocenters. The minimum absolute atomic E-state index is 0.444. The van der Waals surface area contributed by atoms with Gasteiger partial charge in [-0.15, -0.1) is 0 Å². The molecule has 0 unspecified atom stereocenters. The van der Waals surface area contributed by atoms with Crippen LogP contribution in [0, 0.1) is 0 Å². The normalized spacial score (nSPS) is 9.00. The van der Waals surface area contributed by atoms with E-state index in [0.29, 0.717) is 12.6 Å². The maximum atomic E-state index is 4.98. The summed E-state index contributed by atoms with van der Waals surface area (Å²) in [6, 6.07) is 2.20. The second-order valence-electron chi connectivity index (χ2n) is 1.46. The molecular formula is C6H8N2O. The van der Waals surface area contributed by atoms with E-state index in [4.69, 9.17) is 4.74 Å². The van der Waals surface area contributed by atoms with E-state index in [9.17, 15) is 0 Å². The van der Waals surface area contributed by atoms with E-state index < -0.39 is 0 Å². The Morgan fingerprint density at radius 2 is 2.11 bits per heavy atom. The smallest absolute Gasteiger partial charge is 0.316 e. The molecule has 1 aromatic rings. The quantitative estimate of drug-likeness (QED) is 0.587. The van der Waals surface area contributed by atoms with Crippen molar-refractivity contribution in [2.75, 3.05) is 6.61 Å². The van der Waals surface area contributed by atoms with Crippen LogP contribution in [0.15, 0.2) is 18.5 Å². The van der Waals surface area contributed by atoms with Crippen LogP contribution in [0.1, 0.15) is 6.92 Å². The maximum Gasteiger partial charge on any atom is 0.316 e. The van der Waals surface area contributed by atoms with Gasteiger partial charge >= 0.3 is 6.01 Å². The van der Waals surface area contributed by atoms with Crippen LogP contribution in [0.2, 0.25) is 0 Å². The fraction of sp³-hybridized carbons (Fsp3) is 0.333. The van der Waals surface area contributed by atoms with Crippen LogP contribution in [0.4, 0.5) is 0 Å². The molecule has 0 N–H and O–H groups in total. The van der Waals surface area contributed by atoms with Crippen molar-refractivity contribution in [3.63, 3.8) is 0 Å². The van der Waals surface area contributed by atoms with Gasteiger partial charge in [0.2, 0.25) is 0 Å². The Kier molecular flexibility index (Phi) is 2.01. The Labute approximate surface area is 53.7 Å². The van der Waals surface area contributed by atoms with Gasteiger partial charge in [0, 0.05) is 12.4 Å². The topological polar surface area (TPSA) is 35.0 Å². The Morgan fingerprint density at radius 3 is 2.67 bits per heavy atom. The van der Waals surface area contributed by atoms with Crippen LogP contribution in [0.25, 0.3) is 0 Å². The molecular weight excluding hydrogens is 116 g/mol. The zero-order chi connectivity index (χ0) is 6.53. The molecule has 0 spiro atoms. The van der Waals surface area contributed by atoms with E-state index >= 15 is 0 Å². The lowest BCUT2D eigenvalue weighted by molar-refractivity contribution is 0.312. The third kappa shape index (κ3) is 1.68. The highest BCUT2D eigenvalue weighted by atomic mass is 16.5. The van der Waals surface area contributed by atoms with Crippen molar-refractivity contribution >= 4 is 0 Å². The summed E-state index contributed by atoms with van der Waals surface area (Å²) < 4.78 is 4.98. The fourth-order valence-electron chi connectivity index (χ4n) is 0.489. The monoisotopic (exact) mass is 124 g/mol. The van der Waals surface area contributed by atoms with Gasteiger partial charge in [0.25, 0.3) is 0 Å². The summed E-state index contributed by atoms with van der Waals surface area (Å²) in [6.45, 7) is 2.51. The average molecular weight is 124 g/mol. The lowest BCUT2D eigenvalue weighted by atomic mass is 10.7. The molecule has 0 saturated heterocycles. The molecule has 0 bridgehead atoms. The van der Waals surface area contributed by atoms with Crippen LogP contribution in [0.3, 0.4) is 0 Å². The second kappa shape index (κ2) is 3.02. The molecule has 0 aliphatic carbocycles. The van der Waals surface area contributed by atoms with Crippen LogP contribution in [-0.2, 0) is 0 Å². The summed E-state index contributed by atoms with van der Waals surface area (Å²) >= 11 is 0. The van der Waals surface area contributed by atoms with Crippen molar-refractivity contribution in [1.82, 2.24) is 9.97 Å². The molecule has 0 radical (unpaired) electrons. The van der Waals surface area contributed by atoms with Crippen LogP contribution in [0.5, 0.6) is 6.01 Å². The van der Waals surface area contributed by atoms with Crippen molar-refractivity contribution in [1.29, 1.82) is 0 Å². The number of hydrogen-bond donors (Lipinski definition) is 0. The standard InChI is InChI=1S/C6H8N2O/c1-2-9-6-7-4-3-5-8-6/h3-5H,2H2,1H3. The van der Waals surface area contributed by atoms with Crippen LogP contribution >= 0.6 is 0 Å². The number of aromatic nitrogens is 2. The minimum atomic E-state index is 0.444.